The van der Waals surface area contributed by atoms with E-state index in [0.29, 0.717) is 17.7 Å². The van der Waals surface area contributed by atoms with Gasteiger partial charge in [-0.25, -0.2) is 4.79 Å². The Morgan fingerprint density at radius 3 is 2.45 bits per heavy atom. The number of rotatable bonds is 6. The summed E-state index contributed by atoms with van der Waals surface area (Å²) in [6.45, 7) is 7.90. The third-order valence-corrected chi connectivity index (χ3v) is 6.83. The number of carbonyl (C=O) groups excluding carboxylic acids is 3. The molecule has 4 rings (SSSR count). The molecule has 6 nitrogen and oxygen atoms in total. The molecule has 3 aromatic rings. The average molecular weight is 436 g/mol. The van der Waals surface area contributed by atoms with Gasteiger partial charge in [-0.1, -0.05) is 35.9 Å². The number of benzene rings is 1. The highest BCUT2D eigenvalue weighted by molar-refractivity contribution is 7.09. The Morgan fingerprint density at radius 2 is 1.81 bits per heavy atom. The van der Waals surface area contributed by atoms with Crippen LogP contribution in [0.1, 0.15) is 44.7 Å². The van der Waals surface area contributed by atoms with Crippen LogP contribution in [0.25, 0.3) is 0 Å². The zero-order valence-corrected chi connectivity index (χ0v) is 18.9. The zero-order chi connectivity index (χ0) is 22.3. The number of urea groups is 1. The van der Waals surface area contributed by atoms with Gasteiger partial charge in [-0.2, -0.15) is 0 Å². The van der Waals surface area contributed by atoms with Crippen LogP contribution in [0.2, 0.25) is 0 Å². The number of hydrogen-bond acceptors (Lipinski definition) is 4. The fourth-order valence-electron chi connectivity index (χ4n) is 4.04. The third-order valence-electron chi connectivity index (χ3n) is 5.97. The van der Waals surface area contributed by atoms with E-state index in [4.69, 9.17) is 0 Å². The molecule has 0 saturated carbocycles. The second-order valence-corrected chi connectivity index (χ2v) is 9.22. The molecule has 1 aliphatic heterocycles. The smallest absolute Gasteiger partial charge is 0.325 e. The van der Waals surface area contributed by atoms with Gasteiger partial charge in [-0.3, -0.25) is 14.5 Å². The average Bonchev–Trinajstić information content (AvgIpc) is 3.40. The summed E-state index contributed by atoms with van der Waals surface area (Å²) in [4.78, 5) is 41.1. The quantitative estimate of drug-likeness (QED) is 0.467. The van der Waals surface area contributed by atoms with E-state index in [-0.39, 0.29) is 12.3 Å². The molecule has 0 radical (unpaired) electrons. The van der Waals surface area contributed by atoms with Crippen molar-refractivity contribution in [1.82, 2.24) is 14.8 Å². The molecule has 2 aromatic heterocycles. The van der Waals surface area contributed by atoms with E-state index in [1.165, 1.54) is 4.88 Å². The maximum atomic E-state index is 13.1. The number of amides is 3. The second-order valence-electron chi connectivity index (χ2n) is 8.19. The summed E-state index contributed by atoms with van der Waals surface area (Å²) in [6.07, 6.45) is 0. The summed E-state index contributed by atoms with van der Waals surface area (Å²) in [6, 6.07) is 12.8. The summed E-state index contributed by atoms with van der Waals surface area (Å²) >= 11 is 1.67. The number of imide groups is 1. The lowest BCUT2D eigenvalue weighted by atomic mass is 9.91. The normalized spacial score (nSPS) is 18.5. The molecule has 0 bridgehead atoms. The number of aromatic nitrogens is 1. The lowest BCUT2D eigenvalue weighted by Gasteiger charge is -2.22. The van der Waals surface area contributed by atoms with E-state index in [0.717, 1.165) is 21.9 Å². The van der Waals surface area contributed by atoms with Crippen LogP contribution in [0.5, 0.6) is 0 Å². The number of aryl methyl sites for hydroxylation is 2. The molecular formula is C24H25N3O3S. The summed E-state index contributed by atoms with van der Waals surface area (Å²) in [7, 11) is 0. The van der Waals surface area contributed by atoms with Crippen molar-refractivity contribution in [3.63, 3.8) is 0 Å². The van der Waals surface area contributed by atoms with Crippen LogP contribution in [0, 0.1) is 20.8 Å². The monoisotopic (exact) mass is 435 g/mol. The number of ketones is 1. The molecule has 31 heavy (non-hydrogen) atoms. The van der Waals surface area contributed by atoms with Crippen molar-refractivity contribution in [3.8, 4) is 0 Å². The Labute approximate surface area is 185 Å². The lowest BCUT2D eigenvalue weighted by Crippen LogP contribution is -2.41. The molecule has 3 heterocycles. The van der Waals surface area contributed by atoms with Gasteiger partial charge in [-0.15, -0.1) is 11.3 Å². The molecule has 1 saturated heterocycles. The largest absolute Gasteiger partial charge is 0.343 e. The molecule has 0 spiro atoms. The van der Waals surface area contributed by atoms with Crippen molar-refractivity contribution >= 4 is 29.1 Å². The summed E-state index contributed by atoms with van der Waals surface area (Å²) in [5.74, 6) is -0.663. The maximum Gasteiger partial charge on any atom is 0.325 e. The number of nitrogens with one attached hydrogen (secondary N) is 1. The van der Waals surface area contributed by atoms with Crippen LogP contribution >= 0.6 is 11.3 Å². The lowest BCUT2D eigenvalue weighted by molar-refractivity contribution is -0.130. The van der Waals surface area contributed by atoms with Crippen molar-refractivity contribution in [3.05, 3.63) is 80.8 Å². The van der Waals surface area contributed by atoms with Crippen LogP contribution in [-0.2, 0) is 16.9 Å². The molecule has 7 heteroatoms. The molecule has 1 aromatic carbocycles. The van der Waals surface area contributed by atoms with Crippen LogP contribution in [0.4, 0.5) is 4.79 Å². The summed E-state index contributed by atoms with van der Waals surface area (Å²) in [5, 5.41) is 4.79. The number of hydrogen-bond donors (Lipinski definition) is 1. The fraction of sp³-hybridized carbons (Fsp3) is 0.292. The minimum Gasteiger partial charge on any atom is -0.343 e. The molecule has 3 amide bonds. The van der Waals surface area contributed by atoms with E-state index in [9.17, 15) is 14.4 Å². The molecule has 0 aliphatic carbocycles. The van der Waals surface area contributed by atoms with E-state index in [2.05, 4.69) is 16.0 Å². The Kier molecular flexibility index (Phi) is 5.31. The van der Waals surface area contributed by atoms with Crippen molar-refractivity contribution in [2.45, 2.75) is 39.8 Å². The summed E-state index contributed by atoms with van der Waals surface area (Å²) in [5.41, 5.74) is 2.93. The molecule has 1 N–H and O–H groups in total. The number of thiophene rings is 1. The Hall–Kier alpha value is -3.19. The van der Waals surface area contributed by atoms with Crippen LogP contribution in [0.3, 0.4) is 0 Å². The van der Waals surface area contributed by atoms with Gasteiger partial charge in [0.1, 0.15) is 5.54 Å². The van der Waals surface area contributed by atoms with Crippen LogP contribution in [0.15, 0.2) is 47.8 Å². The predicted octanol–water partition coefficient (Wildman–Crippen LogP) is 4.17. The standard InChI is InChI=1S/C24H25N3O3S/c1-15-7-9-18(10-8-15)24(4)22(29)27(23(30)25-24)14-21(28)20-12-16(2)26(17(20)3)13-19-6-5-11-31-19/h5-12H,13-14H2,1-4H3,(H,25,30). The first-order valence-electron chi connectivity index (χ1n) is 10.1. The van der Waals surface area contributed by atoms with Gasteiger partial charge in [0.2, 0.25) is 0 Å². The predicted molar refractivity (Wildman–Crippen MR) is 120 cm³/mol. The highest BCUT2D eigenvalue weighted by Gasteiger charge is 2.49. The number of carbonyl (C=O) groups is 3. The topological polar surface area (TPSA) is 71.4 Å². The Balaban J connectivity index is 1.55. The molecule has 1 unspecified atom stereocenters. The van der Waals surface area contributed by atoms with E-state index in [1.807, 2.05) is 62.5 Å². The summed E-state index contributed by atoms with van der Waals surface area (Å²) < 4.78 is 2.08. The first-order chi connectivity index (χ1) is 14.7. The van der Waals surface area contributed by atoms with Gasteiger partial charge in [0.25, 0.3) is 5.91 Å². The van der Waals surface area contributed by atoms with Crippen molar-refractivity contribution in [2.75, 3.05) is 6.54 Å². The third kappa shape index (κ3) is 3.70. The van der Waals surface area contributed by atoms with Gasteiger partial charge in [0.05, 0.1) is 13.1 Å². The molecular weight excluding hydrogens is 410 g/mol. The first kappa shape index (κ1) is 21.1. The van der Waals surface area contributed by atoms with Crippen LogP contribution < -0.4 is 5.32 Å². The van der Waals surface area contributed by atoms with Gasteiger partial charge < -0.3 is 9.88 Å². The van der Waals surface area contributed by atoms with Crippen molar-refractivity contribution < 1.29 is 14.4 Å². The van der Waals surface area contributed by atoms with Gasteiger partial charge in [-0.05, 0) is 50.8 Å². The Bertz CT molecular complexity index is 1160. The zero-order valence-electron chi connectivity index (χ0n) is 18.1. The maximum absolute atomic E-state index is 13.1. The number of nitrogens with zero attached hydrogens (tertiary/aromatic N) is 2. The molecule has 1 aliphatic rings. The minimum absolute atomic E-state index is 0.248. The van der Waals surface area contributed by atoms with Crippen molar-refractivity contribution in [1.29, 1.82) is 0 Å². The first-order valence-corrected chi connectivity index (χ1v) is 11.0. The van der Waals surface area contributed by atoms with Gasteiger partial charge in [0, 0.05) is 21.8 Å². The number of Topliss-reactive ketones (excluding diaryl/α,β-unsaturated/α-hetero) is 1. The van der Waals surface area contributed by atoms with Gasteiger partial charge in [0.15, 0.2) is 5.78 Å². The van der Waals surface area contributed by atoms with Gasteiger partial charge >= 0.3 is 6.03 Å². The highest BCUT2D eigenvalue weighted by atomic mass is 32.1. The van der Waals surface area contributed by atoms with E-state index in [1.54, 1.807) is 18.3 Å². The van der Waals surface area contributed by atoms with Crippen molar-refractivity contribution in [2.24, 2.45) is 0 Å². The SMILES string of the molecule is Cc1ccc(C2(C)NC(=O)N(CC(=O)c3cc(C)n(Cc4cccs4)c3C)C2=O)cc1. The van der Waals surface area contributed by atoms with E-state index >= 15 is 0 Å². The highest BCUT2D eigenvalue weighted by Crippen LogP contribution is 2.29. The fourth-order valence-corrected chi connectivity index (χ4v) is 4.73. The minimum atomic E-state index is -1.18. The van der Waals surface area contributed by atoms with Crippen LogP contribution in [-0.4, -0.2) is 33.7 Å². The molecule has 1 fully saturated rings. The molecule has 160 valence electrons. The Morgan fingerprint density at radius 1 is 1.10 bits per heavy atom. The second kappa shape index (κ2) is 7.81. The van der Waals surface area contributed by atoms with E-state index < -0.39 is 17.5 Å². The molecule has 1 atom stereocenters.